The molecule has 3 atom stereocenters. The third kappa shape index (κ3) is 8.52. The van der Waals surface area contributed by atoms with Gasteiger partial charge in [0.1, 0.15) is 6.04 Å². The quantitative estimate of drug-likeness (QED) is 0.161. The van der Waals surface area contributed by atoms with Crippen LogP contribution in [-0.2, 0) is 22.4 Å². The number of hydrogen-bond donors (Lipinski definition) is 6. The number of carbonyl (C=O) groups excluding carboxylic acids is 3. The van der Waals surface area contributed by atoms with Gasteiger partial charge in [0, 0.05) is 17.3 Å². The van der Waals surface area contributed by atoms with E-state index in [0.29, 0.717) is 5.56 Å². The lowest BCUT2D eigenvalue weighted by Crippen LogP contribution is -2.51. The van der Waals surface area contributed by atoms with E-state index < -0.39 is 24.0 Å². The van der Waals surface area contributed by atoms with Crippen LogP contribution in [0.2, 0.25) is 0 Å². The van der Waals surface area contributed by atoms with Crippen molar-refractivity contribution in [1.29, 1.82) is 0 Å². The molecule has 3 aromatic rings. The molecule has 0 saturated carbocycles. The van der Waals surface area contributed by atoms with E-state index in [1.807, 2.05) is 73.7 Å². The normalized spacial score (nSPS) is 13.2. The van der Waals surface area contributed by atoms with E-state index in [1.165, 1.54) is 12.4 Å². The minimum absolute atomic E-state index is 0.0710. The van der Waals surface area contributed by atoms with Crippen LogP contribution in [0.5, 0.6) is 0 Å². The molecule has 0 spiro atoms. The van der Waals surface area contributed by atoms with Crippen molar-refractivity contribution in [3.8, 4) is 0 Å². The number of nitrogens with one attached hydrogen (secondary N) is 4. The number of aryl methyl sites for hydroxylation is 2. The summed E-state index contributed by atoms with van der Waals surface area (Å²) in [5.74, 6) is -1.54. The molecule has 3 rings (SSSR count). The molecule has 0 aliphatic rings. The predicted octanol–water partition coefficient (Wildman–Crippen LogP) is 2.75. The first-order valence-corrected chi connectivity index (χ1v) is 12.5. The van der Waals surface area contributed by atoms with Crippen molar-refractivity contribution < 1.29 is 24.7 Å². The second-order valence-electron chi connectivity index (χ2n) is 9.12. The molecule has 200 valence electrons. The van der Waals surface area contributed by atoms with E-state index >= 15 is 0 Å². The van der Waals surface area contributed by atoms with Crippen LogP contribution in [0, 0.1) is 0 Å². The molecule has 3 amide bonds. The van der Waals surface area contributed by atoms with Crippen LogP contribution >= 0.6 is 0 Å². The average molecular weight is 519 g/mol. The van der Waals surface area contributed by atoms with Crippen LogP contribution < -0.4 is 21.4 Å². The average Bonchev–Trinajstić information content (AvgIpc) is 2.94. The highest BCUT2D eigenvalue weighted by Crippen LogP contribution is 2.14. The standard InChI is InChI=1S/C29H34N4O5/c1-19(23-6-4-3-5-7-23)30-18-26(35)31-25-16-12-22(13-17-25)9-8-21-10-14-24(15-11-21)28(36)32-27(20(2)34)29(37)33-38/h3-7,10-17,19-20,27,30,34,38H,8-9,18H2,1-2H3,(H,31,35)(H,32,36)(H,33,37)/t19-,20?,27?/m0/s1. The van der Waals surface area contributed by atoms with Crippen molar-refractivity contribution in [2.24, 2.45) is 0 Å². The first-order valence-electron chi connectivity index (χ1n) is 12.5. The summed E-state index contributed by atoms with van der Waals surface area (Å²) in [7, 11) is 0. The van der Waals surface area contributed by atoms with Gasteiger partial charge in [0.2, 0.25) is 5.91 Å². The molecule has 0 fully saturated rings. The summed E-state index contributed by atoms with van der Waals surface area (Å²) in [6.07, 6.45) is 0.347. The van der Waals surface area contributed by atoms with E-state index in [9.17, 15) is 19.5 Å². The van der Waals surface area contributed by atoms with E-state index in [2.05, 4.69) is 16.0 Å². The van der Waals surface area contributed by atoms with Gasteiger partial charge in [-0.1, -0.05) is 54.6 Å². The Morgan fingerprint density at radius 1 is 0.816 bits per heavy atom. The van der Waals surface area contributed by atoms with Crippen molar-refractivity contribution in [2.45, 2.75) is 44.9 Å². The van der Waals surface area contributed by atoms with E-state index in [0.717, 1.165) is 35.2 Å². The zero-order chi connectivity index (χ0) is 27.5. The third-order valence-corrected chi connectivity index (χ3v) is 6.19. The Morgan fingerprint density at radius 3 is 1.95 bits per heavy atom. The van der Waals surface area contributed by atoms with Crippen molar-refractivity contribution in [3.05, 3.63) is 101 Å². The summed E-state index contributed by atoms with van der Waals surface area (Å²) in [4.78, 5) is 36.3. The molecule has 0 bridgehead atoms. The summed E-state index contributed by atoms with van der Waals surface area (Å²) < 4.78 is 0. The van der Waals surface area contributed by atoms with Gasteiger partial charge in [-0.05, 0) is 67.6 Å². The van der Waals surface area contributed by atoms with E-state index in [-0.39, 0.29) is 18.5 Å². The first-order chi connectivity index (χ1) is 18.3. The minimum Gasteiger partial charge on any atom is -0.391 e. The van der Waals surface area contributed by atoms with Gasteiger partial charge < -0.3 is 21.1 Å². The maximum absolute atomic E-state index is 12.4. The molecule has 0 aromatic heterocycles. The molecule has 0 saturated heterocycles. The molecule has 6 N–H and O–H groups in total. The molecule has 0 radical (unpaired) electrons. The zero-order valence-electron chi connectivity index (χ0n) is 21.5. The maximum Gasteiger partial charge on any atom is 0.268 e. The first kappa shape index (κ1) is 28.5. The largest absolute Gasteiger partial charge is 0.391 e. The number of rotatable bonds is 12. The van der Waals surface area contributed by atoms with Crippen molar-refractivity contribution in [2.75, 3.05) is 11.9 Å². The maximum atomic E-state index is 12.4. The number of benzene rings is 3. The Bertz CT molecular complexity index is 1200. The molecular formula is C29H34N4O5. The van der Waals surface area contributed by atoms with E-state index in [1.54, 1.807) is 12.1 Å². The molecule has 2 unspecified atom stereocenters. The van der Waals surface area contributed by atoms with Crippen LogP contribution in [0.15, 0.2) is 78.9 Å². The lowest BCUT2D eigenvalue weighted by molar-refractivity contribution is -0.133. The van der Waals surface area contributed by atoms with Gasteiger partial charge in [0.05, 0.1) is 12.6 Å². The van der Waals surface area contributed by atoms with Crippen molar-refractivity contribution >= 4 is 23.4 Å². The van der Waals surface area contributed by atoms with Crippen LogP contribution in [-0.4, -0.2) is 46.7 Å². The number of aliphatic hydroxyl groups excluding tert-OH is 1. The molecular weight excluding hydrogens is 484 g/mol. The molecule has 0 heterocycles. The Kier molecular flexibility index (Phi) is 10.5. The predicted molar refractivity (Wildman–Crippen MR) is 145 cm³/mol. The summed E-state index contributed by atoms with van der Waals surface area (Å²) in [5.41, 5.74) is 5.75. The number of anilines is 1. The summed E-state index contributed by atoms with van der Waals surface area (Å²) in [6, 6.07) is 23.4. The smallest absolute Gasteiger partial charge is 0.268 e. The van der Waals surface area contributed by atoms with Gasteiger partial charge in [-0.25, -0.2) is 5.48 Å². The lowest BCUT2D eigenvalue weighted by atomic mass is 10.0. The number of hydroxylamine groups is 1. The Balaban J connectivity index is 1.45. The molecule has 38 heavy (non-hydrogen) atoms. The van der Waals surface area contributed by atoms with Gasteiger partial charge in [-0.2, -0.15) is 0 Å². The van der Waals surface area contributed by atoms with Crippen molar-refractivity contribution in [3.63, 3.8) is 0 Å². The summed E-state index contributed by atoms with van der Waals surface area (Å²) in [5, 5.41) is 27.0. The van der Waals surface area contributed by atoms with Crippen molar-refractivity contribution in [1.82, 2.24) is 16.1 Å². The zero-order valence-corrected chi connectivity index (χ0v) is 21.5. The van der Waals surface area contributed by atoms with Crippen LogP contribution in [0.1, 0.15) is 46.9 Å². The van der Waals surface area contributed by atoms with Crippen LogP contribution in [0.4, 0.5) is 5.69 Å². The Hall–Kier alpha value is -4.05. The summed E-state index contributed by atoms with van der Waals surface area (Å²) in [6.45, 7) is 3.57. The van der Waals surface area contributed by atoms with Gasteiger partial charge in [0.25, 0.3) is 11.8 Å². The number of aliphatic hydroxyl groups is 1. The lowest BCUT2D eigenvalue weighted by Gasteiger charge is -2.19. The molecule has 0 aliphatic carbocycles. The Labute approximate surface area is 222 Å². The fraction of sp³-hybridized carbons (Fsp3) is 0.276. The molecule has 9 nitrogen and oxygen atoms in total. The van der Waals surface area contributed by atoms with Crippen LogP contribution in [0.25, 0.3) is 0 Å². The van der Waals surface area contributed by atoms with Gasteiger partial charge in [-0.15, -0.1) is 0 Å². The number of hydrogen-bond acceptors (Lipinski definition) is 6. The number of amides is 3. The van der Waals surface area contributed by atoms with Crippen LogP contribution in [0.3, 0.4) is 0 Å². The Morgan fingerprint density at radius 2 is 1.39 bits per heavy atom. The second kappa shape index (κ2) is 14.0. The molecule has 0 aliphatic heterocycles. The third-order valence-electron chi connectivity index (χ3n) is 6.19. The van der Waals surface area contributed by atoms with E-state index in [4.69, 9.17) is 5.21 Å². The highest BCUT2D eigenvalue weighted by molar-refractivity contribution is 5.97. The fourth-order valence-corrected chi connectivity index (χ4v) is 3.88. The SMILES string of the molecule is CC(O)C(NC(=O)c1ccc(CCc2ccc(NC(=O)CN[C@@H](C)c3ccccc3)cc2)cc1)C(=O)NO. The highest BCUT2D eigenvalue weighted by atomic mass is 16.5. The minimum atomic E-state index is -1.27. The monoisotopic (exact) mass is 518 g/mol. The molecule has 9 heteroatoms. The van der Waals surface area contributed by atoms with Gasteiger partial charge in [-0.3, -0.25) is 19.6 Å². The fourth-order valence-electron chi connectivity index (χ4n) is 3.88. The van der Waals surface area contributed by atoms with Gasteiger partial charge >= 0.3 is 0 Å². The van der Waals surface area contributed by atoms with Gasteiger partial charge in [0.15, 0.2) is 0 Å². The highest BCUT2D eigenvalue weighted by Gasteiger charge is 2.25. The second-order valence-corrected chi connectivity index (χ2v) is 9.12. The molecule has 3 aromatic carbocycles. The topological polar surface area (TPSA) is 140 Å². The number of carbonyl (C=O) groups is 3. The summed E-state index contributed by atoms with van der Waals surface area (Å²) >= 11 is 0.